The first-order chi connectivity index (χ1) is 16.4. The number of hydrogen-bond acceptors (Lipinski definition) is 5. The lowest BCUT2D eigenvalue weighted by molar-refractivity contribution is -0.116. The molecule has 0 fully saturated rings. The van der Waals surface area contributed by atoms with Gasteiger partial charge in [0.05, 0.1) is 6.26 Å². The minimum absolute atomic E-state index is 0.0873. The Morgan fingerprint density at radius 1 is 1.15 bits per heavy atom. The smallest absolute Gasteiger partial charge is 0.255 e. The third-order valence-electron chi connectivity index (χ3n) is 6.35. The number of dihydropyridines is 1. The van der Waals surface area contributed by atoms with Gasteiger partial charge in [-0.3, -0.25) is 9.59 Å². The average molecular weight is 458 g/mol. The van der Waals surface area contributed by atoms with Crippen molar-refractivity contribution in [2.24, 2.45) is 0 Å². The molecule has 7 heteroatoms. The molecule has 1 aliphatic heterocycles. The van der Waals surface area contributed by atoms with E-state index in [1.54, 1.807) is 43.6 Å². The number of carbonyl (C=O) groups excluding carboxylic acids is 2. The van der Waals surface area contributed by atoms with Crippen LogP contribution in [-0.4, -0.2) is 16.7 Å². The maximum absolute atomic E-state index is 14.2. The van der Waals surface area contributed by atoms with E-state index in [1.807, 2.05) is 19.1 Å². The van der Waals surface area contributed by atoms with Crippen molar-refractivity contribution in [1.82, 2.24) is 10.3 Å². The number of nitrogens with one attached hydrogen (secondary N) is 2. The molecule has 0 saturated carbocycles. The van der Waals surface area contributed by atoms with Crippen LogP contribution >= 0.6 is 0 Å². The molecule has 2 aliphatic rings. The van der Waals surface area contributed by atoms with Gasteiger partial charge in [0.2, 0.25) is 0 Å². The van der Waals surface area contributed by atoms with Crippen LogP contribution in [0.3, 0.4) is 0 Å². The molecule has 34 heavy (non-hydrogen) atoms. The highest BCUT2D eigenvalue weighted by molar-refractivity contribution is 6.09. The van der Waals surface area contributed by atoms with Crippen molar-refractivity contribution in [2.75, 3.05) is 5.32 Å². The zero-order valence-electron chi connectivity index (χ0n) is 18.9. The zero-order chi connectivity index (χ0) is 23.8. The van der Waals surface area contributed by atoms with E-state index < -0.39 is 11.7 Å². The minimum atomic E-state index is -0.692. The average Bonchev–Trinajstić information content (AvgIpc) is 3.34. The third kappa shape index (κ3) is 4.05. The third-order valence-corrected chi connectivity index (χ3v) is 6.35. The lowest BCUT2D eigenvalue weighted by Gasteiger charge is -2.36. The number of pyridine rings is 1. The molecule has 0 bridgehead atoms. The van der Waals surface area contributed by atoms with Crippen LogP contribution in [0.5, 0.6) is 0 Å². The van der Waals surface area contributed by atoms with Crippen molar-refractivity contribution < 1.29 is 18.4 Å². The van der Waals surface area contributed by atoms with Crippen LogP contribution in [0.4, 0.5) is 10.2 Å². The Labute approximate surface area is 196 Å². The van der Waals surface area contributed by atoms with Crippen molar-refractivity contribution in [3.8, 4) is 0 Å². The van der Waals surface area contributed by atoms with Crippen LogP contribution in [-0.2, 0) is 9.59 Å². The highest BCUT2D eigenvalue weighted by atomic mass is 19.1. The fraction of sp³-hybridized carbons (Fsp3) is 0.222. The molecule has 0 saturated heterocycles. The summed E-state index contributed by atoms with van der Waals surface area (Å²) in [6.07, 6.45) is 4.08. The van der Waals surface area contributed by atoms with Gasteiger partial charge in [0.25, 0.3) is 5.91 Å². The maximum atomic E-state index is 14.2. The monoisotopic (exact) mass is 457 g/mol. The summed E-state index contributed by atoms with van der Waals surface area (Å²) in [6, 6.07) is 13.3. The molecule has 3 aromatic rings. The first-order valence-corrected chi connectivity index (χ1v) is 11.2. The Hall–Kier alpha value is -4.00. The van der Waals surface area contributed by atoms with Gasteiger partial charge in [0.15, 0.2) is 5.78 Å². The van der Waals surface area contributed by atoms with Gasteiger partial charge in [0.1, 0.15) is 17.4 Å². The van der Waals surface area contributed by atoms with E-state index >= 15 is 0 Å². The Bertz CT molecular complexity index is 1320. The first-order valence-electron chi connectivity index (χ1n) is 11.2. The standard InChI is InChI=1S/C27H24FN3O3/c1-15-8-9-23(29-14-15)31-27(33)24-16(2)30-20-12-18(22-7-4-10-34-22)13-21(32)26(20)25(24)17-5-3-6-19(28)11-17/h3-11,14,18,25,30H,12-13H2,1-2H3,(H,29,31,33)/t18-,25-/m1/s1. The number of furan rings is 1. The number of benzene rings is 1. The fourth-order valence-corrected chi connectivity index (χ4v) is 4.81. The number of allylic oxidation sites excluding steroid dienone is 3. The SMILES string of the molecule is CC1=C(C(=O)Nc2ccc(C)cn2)[C@@H](c2cccc(F)c2)C2=C(C[C@@H](c3ccco3)CC2=O)N1. The number of anilines is 1. The number of aromatic nitrogens is 1. The molecule has 2 aromatic heterocycles. The molecule has 1 aromatic carbocycles. The summed E-state index contributed by atoms with van der Waals surface area (Å²) in [7, 11) is 0. The lowest BCUT2D eigenvalue weighted by atomic mass is 9.72. The summed E-state index contributed by atoms with van der Waals surface area (Å²) in [6.45, 7) is 3.71. The van der Waals surface area contributed by atoms with Gasteiger partial charge in [-0.25, -0.2) is 9.37 Å². The maximum Gasteiger partial charge on any atom is 0.255 e. The van der Waals surface area contributed by atoms with Crippen molar-refractivity contribution in [2.45, 2.75) is 38.5 Å². The summed E-state index contributed by atoms with van der Waals surface area (Å²) >= 11 is 0. The van der Waals surface area contributed by atoms with E-state index in [0.717, 1.165) is 17.0 Å². The van der Waals surface area contributed by atoms with Gasteiger partial charge in [0, 0.05) is 47.0 Å². The van der Waals surface area contributed by atoms with E-state index in [1.165, 1.54) is 12.1 Å². The van der Waals surface area contributed by atoms with Crippen LogP contribution in [0.1, 0.15) is 48.5 Å². The fourth-order valence-electron chi connectivity index (χ4n) is 4.81. The van der Waals surface area contributed by atoms with Gasteiger partial charge >= 0.3 is 0 Å². The molecule has 6 nitrogen and oxygen atoms in total. The predicted molar refractivity (Wildman–Crippen MR) is 125 cm³/mol. The second-order valence-corrected chi connectivity index (χ2v) is 8.76. The normalized spacial score (nSPS) is 20.1. The molecular formula is C27H24FN3O3. The minimum Gasteiger partial charge on any atom is -0.469 e. The Kier molecular flexibility index (Phi) is 5.61. The van der Waals surface area contributed by atoms with Crippen LogP contribution in [0.25, 0.3) is 0 Å². The summed E-state index contributed by atoms with van der Waals surface area (Å²) in [5.41, 5.74) is 3.76. The molecule has 0 spiro atoms. The quantitative estimate of drug-likeness (QED) is 0.568. The summed E-state index contributed by atoms with van der Waals surface area (Å²) in [5.74, 6) is -0.531. The largest absolute Gasteiger partial charge is 0.469 e. The van der Waals surface area contributed by atoms with Gasteiger partial charge in [-0.15, -0.1) is 0 Å². The number of rotatable bonds is 4. The van der Waals surface area contributed by atoms with Crippen LogP contribution in [0, 0.1) is 12.7 Å². The topological polar surface area (TPSA) is 84.2 Å². The lowest BCUT2D eigenvalue weighted by Crippen LogP contribution is -2.37. The Morgan fingerprint density at radius 2 is 2.00 bits per heavy atom. The van der Waals surface area contributed by atoms with Gasteiger partial charge < -0.3 is 15.1 Å². The second kappa shape index (κ2) is 8.74. The summed E-state index contributed by atoms with van der Waals surface area (Å²) in [5, 5.41) is 6.14. The van der Waals surface area contributed by atoms with Crippen LogP contribution in [0.15, 0.2) is 87.9 Å². The molecule has 1 amide bonds. The molecule has 2 atom stereocenters. The highest BCUT2D eigenvalue weighted by Crippen LogP contribution is 2.45. The molecule has 5 rings (SSSR count). The molecule has 0 radical (unpaired) electrons. The van der Waals surface area contributed by atoms with Crippen LogP contribution < -0.4 is 10.6 Å². The first kappa shape index (κ1) is 21.8. The Balaban J connectivity index is 1.56. The second-order valence-electron chi connectivity index (χ2n) is 8.76. The van der Waals surface area contributed by atoms with Crippen molar-refractivity contribution >= 4 is 17.5 Å². The van der Waals surface area contributed by atoms with Gasteiger partial charge in [-0.05, 0) is 61.7 Å². The number of nitrogens with zero attached hydrogens (tertiary/aromatic N) is 1. The molecule has 3 heterocycles. The molecule has 172 valence electrons. The van der Waals surface area contributed by atoms with Gasteiger partial charge in [-0.1, -0.05) is 18.2 Å². The molecule has 1 aliphatic carbocycles. The Morgan fingerprint density at radius 3 is 2.71 bits per heavy atom. The highest BCUT2D eigenvalue weighted by Gasteiger charge is 2.41. The van der Waals surface area contributed by atoms with Gasteiger partial charge in [-0.2, -0.15) is 0 Å². The summed E-state index contributed by atoms with van der Waals surface area (Å²) in [4.78, 5) is 31.2. The van der Waals surface area contributed by atoms with E-state index in [9.17, 15) is 14.0 Å². The molecule has 0 unspecified atom stereocenters. The number of carbonyl (C=O) groups is 2. The van der Waals surface area contributed by atoms with E-state index in [4.69, 9.17) is 4.42 Å². The van der Waals surface area contributed by atoms with E-state index in [-0.39, 0.29) is 24.0 Å². The number of Topliss-reactive ketones (excluding diaryl/α,β-unsaturated/α-hetero) is 1. The molecule has 2 N–H and O–H groups in total. The van der Waals surface area contributed by atoms with E-state index in [2.05, 4.69) is 15.6 Å². The van der Waals surface area contributed by atoms with Crippen molar-refractivity contribution in [3.05, 3.63) is 106 Å². The summed E-state index contributed by atoms with van der Waals surface area (Å²) < 4.78 is 19.8. The van der Waals surface area contributed by atoms with Crippen molar-refractivity contribution in [1.29, 1.82) is 0 Å². The number of hydrogen-bond donors (Lipinski definition) is 2. The zero-order valence-corrected chi connectivity index (χ0v) is 18.9. The number of halogens is 1. The number of ketones is 1. The van der Waals surface area contributed by atoms with Crippen LogP contribution in [0.2, 0.25) is 0 Å². The molecular weight excluding hydrogens is 433 g/mol. The number of aryl methyl sites for hydroxylation is 1. The predicted octanol–water partition coefficient (Wildman–Crippen LogP) is 5.12. The number of amides is 1. The van der Waals surface area contributed by atoms with E-state index in [0.29, 0.717) is 34.6 Å². The van der Waals surface area contributed by atoms with Crippen molar-refractivity contribution in [3.63, 3.8) is 0 Å².